The minimum absolute atomic E-state index is 0.00245. The zero-order chi connectivity index (χ0) is 20.8. The van der Waals surface area contributed by atoms with Crippen LogP contribution in [0.3, 0.4) is 0 Å². The van der Waals surface area contributed by atoms with Crippen LogP contribution in [0.4, 0.5) is 5.69 Å². The van der Waals surface area contributed by atoms with Gasteiger partial charge >= 0.3 is 0 Å². The summed E-state index contributed by atoms with van der Waals surface area (Å²) in [5, 5.41) is 0. The van der Waals surface area contributed by atoms with Crippen LogP contribution in [0.2, 0.25) is 0 Å². The molecule has 0 bridgehead atoms. The van der Waals surface area contributed by atoms with Crippen molar-refractivity contribution < 1.29 is 19.0 Å². The highest BCUT2D eigenvalue weighted by Crippen LogP contribution is 2.38. The highest BCUT2D eigenvalue weighted by atomic mass is 16.5. The van der Waals surface area contributed by atoms with Crippen molar-refractivity contribution in [3.63, 3.8) is 0 Å². The number of carbonyl (C=O) groups excluding carboxylic acids is 1. The average Bonchev–Trinajstić information content (AvgIpc) is 2.76. The van der Waals surface area contributed by atoms with Gasteiger partial charge in [0.2, 0.25) is 11.7 Å². The lowest BCUT2D eigenvalue weighted by Crippen LogP contribution is -2.48. The molecule has 6 nitrogen and oxygen atoms in total. The first-order valence-electron chi connectivity index (χ1n) is 9.64. The van der Waals surface area contributed by atoms with E-state index in [1.807, 2.05) is 17.0 Å². The van der Waals surface area contributed by atoms with Crippen molar-refractivity contribution in [3.05, 3.63) is 53.6 Å². The van der Waals surface area contributed by atoms with Crippen LogP contribution in [0, 0.1) is 6.92 Å². The summed E-state index contributed by atoms with van der Waals surface area (Å²) in [6, 6.07) is 12.1. The van der Waals surface area contributed by atoms with Crippen molar-refractivity contribution in [2.75, 3.05) is 52.4 Å². The highest BCUT2D eigenvalue weighted by molar-refractivity contribution is 5.92. The Morgan fingerprint density at radius 1 is 0.931 bits per heavy atom. The lowest BCUT2D eigenvalue weighted by Gasteiger charge is -2.35. The summed E-state index contributed by atoms with van der Waals surface area (Å²) in [4.78, 5) is 16.8. The van der Waals surface area contributed by atoms with E-state index in [1.165, 1.54) is 11.3 Å². The van der Waals surface area contributed by atoms with E-state index in [2.05, 4.69) is 36.1 Å². The molecule has 0 radical (unpaired) electrons. The number of rotatable bonds is 6. The van der Waals surface area contributed by atoms with Gasteiger partial charge < -0.3 is 24.0 Å². The van der Waals surface area contributed by atoms with E-state index < -0.39 is 0 Å². The Hall–Kier alpha value is -3.15. The standard InChI is InChI=1S/C23H28N2O4/c1-17-6-5-7-19(14-17)24-10-12-25(13-11-24)22(26)9-8-18-15-20(27-2)23(29-4)21(16-18)28-3/h5-9,14-16H,10-13H2,1-4H3/b9-8+. The van der Waals surface area contributed by atoms with E-state index in [-0.39, 0.29) is 5.91 Å². The number of anilines is 1. The Balaban J connectivity index is 1.64. The summed E-state index contributed by atoms with van der Waals surface area (Å²) < 4.78 is 16.1. The molecular formula is C23H28N2O4. The maximum atomic E-state index is 12.6. The van der Waals surface area contributed by atoms with Gasteiger partial charge in [-0.15, -0.1) is 0 Å². The molecule has 0 atom stereocenters. The molecule has 1 aliphatic heterocycles. The Morgan fingerprint density at radius 2 is 1.59 bits per heavy atom. The second kappa shape index (κ2) is 9.37. The summed E-state index contributed by atoms with van der Waals surface area (Å²) >= 11 is 0. The Bertz CT molecular complexity index is 861. The molecule has 0 aromatic heterocycles. The first-order chi connectivity index (χ1) is 14.0. The van der Waals surface area contributed by atoms with Crippen LogP contribution in [-0.2, 0) is 4.79 Å². The highest BCUT2D eigenvalue weighted by Gasteiger charge is 2.20. The molecule has 0 N–H and O–H groups in total. The summed E-state index contributed by atoms with van der Waals surface area (Å²) in [5.41, 5.74) is 3.27. The molecule has 0 unspecified atom stereocenters. The van der Waals surface area contributed by atoms with Gasteiger partial charge in [0, 0.05) is 37.9 Å². The van der Waals surface area contributed by atoms with Gasteiger partial charge in [-0.05, 0) is 48.4 Å². The molecule has 3 rings (SSSR count). The molecule has 1 aliphatic rings. The zero-order valence-corrected chi connectivity index (χ0v) is 17.5. The molecule has 0 aliphatic carbocycles. The molecule has 6 heteroatoms. The number of nitrogens with zero attached hydrogens (tertiary/aromatic N) is 2. The summed E-state index contributed by atoms with van der Waals surface area (Å²) in [6.07, 6.45) is 3.38. The van der Waals surface area contributed by atoms with Crippen LogP contribution in [0.5, 0.6) is 17.2 Å². The molecular weight excluding hydrogens is 368 g/mol. The van der Waals surface area contributed by atoms with Crippen molar-refractivity contribution in [1.82, 2.24) is 4.90 Å². The molecule has 154 valence electrons. The predicted octanol–water partition coefficient (Wildman–Crippen LogP) is 3.38. The summed E-state index contributed by atoms with van der Waals surface area (Å²) in [5.74, 6) is 1.66. The number of piperazine rings is 1. The molecule has 2 aromatic carbocycles. The van der Waals surface area contributed by atoms with Crippen LogP contribution in [-0.4, -0.2) is 58.3 Å². The van der Waals surface area contributed by atoms with E-state index in [0.717, 1.165) is 18.7 Å². The molecule has 2 aromatic rings. The van der Waals surface area contributed by atoms with Gasteiger partial charge in [-0.25, -0.2) is 0 Å². The number of carbonyl (C=O) groups is 1. The largest absolute Gasteiger partial charge is 0.493 e. The zero-order valence-electron chi connectivity index (χ0n) is 17.5. The van der Waals surface area contributed by atoms with Gasteiger partial charge in [-0.1, -0.05) is 12.1 Å². The maximum absolute atomic E-state index is 12.6. The quantitative estimate of drug-likeness (QED) is 0.701. The van der Waals surface area contributed by atoms with Gasteiger partial charge in [-0.3, -0.25) is 4.79 Å². The van der Waals surface area contributed by atoms with Crippen LogP contribution < -0.4 is 19.1 Å². The fourth-order valence-electron chi connectivity index (χ4n) is 3.48. The number of amides is 1. The number of hydrogen-bond donors (Lipinski definition) is 0. The minimum atomic E-state index is 0.00245. The van der Waals surface area contributed by atoms with E-state index in [1.54, 1.807) is 33.5 Å². The fourth-order valence-corrected chi connectivity index (χ4v) is 3.48. The fraction of sp³-hybridized carbons (Fsp3) is 0.348. The molecule has 0 saturated carbocycles. The number of methoxy groups -OCH3 is 3. The van der Waals surface area contributed by atoms with E-state index >= 15 is 0 Å². The first-order valence-corrected chi connectivity index (χ1v) is 9.64. The van der Waals surface area contributed by atoms with Gasteiger partial charge in [0.25, 0.3) is 0 Å². The third-order valence-electron chi connectivity index (χ3n) is 5.06. The molecule has 1 heterocycles. The van der Waals surface area contributed by atoms with Crippen LogP contribution in [0.15, 0.2) is 42.5 Å². The molecule has 1 fully saturated rings. The number of aryl methyl sites for hydroxylation is 1. The predicted molar refractivity (Wildman–Crippen MR) is 115 cm³/mol. The van der Waals surface area contributed by atoms with Crippen molar-refractivity contribution >= 4 is 17.7 Å². The van der Waals surface area contributed by atoms with E-state index in [9.17, 15) is 4.79 Å². The van der Waals surface area contributed by atoms with E-state index in [4.69, 9.17) is 14.2 Å². The minimum Gasteiger partial charge on any atom is -0.493 e. The Morgan fingerprint density at radius 3 is 2.14 bits per heavy atom. The van der Waals surface area contributed by atoms with Gasteiger partial charge in [0.15, 0.2) is 11.5 Å². The lowest BCUT2D eigenvalue weighted by atomic mass is 10.1. The molecule has 29 heavy (non-hydrogen) atoms. The topological polar surface area (TPSA) is 51.2 Å². The smallest absolute Gasteiger partial charge is 0.246 e. The Kier molecular flexibility index (Phi) is 6.65. The monoisotopic (exact) mass is 396 g/mol. The van der Waals surface area contributed by atoms with Crippen LogP contribution >= 0.6 is 0 Å². The maximum Gasteiger partial charge on any atom is 0.246 e. The molecule has 1 amide bonds. The van der Waals surface area contributed by atoms with Crippen molar-refractivity contribution in [2.24, 2.45) is 0 Å². The van der Waals surface area contributed by atoms with Gasteiger partial charge in [0.05, 0.1) is 21.3 Å². The average molecular weight is 396 g/mol. The normalized spacial score (nSPS) is 14.2. The van der Waals surface area contributed by atoms with Crippen LogP contribution in [0.25, 0.3) is 6.08 Å². The second-order valence-electron chi connectivity index (χ2n) is 6.94. The third-order valence-corrected chi connectivity index (χ3v) is 5.06. The SMILES string of the molecule is COc1cc(/C=C/C(=O)N2CCN(c3cccc(C)c3)CC2)cc(OC)c1OC. The summed E-state index contributed by atoms with van der Waals surface area (Å²) in [6.45, 7) is 5.15. The number of ether oxygens (including phenoxy) is 3. The van der Waals surface area contributed by atoms with Gasteiger partial charge in [-0.2, -0.15) is 0 Å². The summed E-state index contributed by atoms with van der Waals surface area (Å²) in [7, 11) is 4.71. The van der Waals surface area contributed by atoms with E-state index in [0.29, 0.717) is 30.3 Å². The third kappa shape index (κ3) is 4.83. The first kappa shape index (κ1) is 20.6. The van der Waals surface area contributed by atoms with Crippen molar-refractivity contribution in [3.8, 4) is 17.2 Å². The number of hydrogen-bond acceptors (Lipinski definition) is 5. The number of benzene rings is 2. The van der Waals surface area contributed by atoms with Crippen LogP contribution in [0.1, 0.15) is 11.1 Å². The van der Waals surface area contributed by atoms with Crippen molar-refractivity contribution in [1.29, 1.82) is 0 Å². The Labute approximate surface area is 172 Å². The second-order valence-corrected chi connectivity index (χ2v) is 6.94. The molecule has 1 saturated heterocycles. The van der Waals surface area contributed by atoms with Crippen molar-refractivity contribution in [2.45, 2.75) is 6.92 Å². The lowest BCUT2D eigenvalue weighted by molar-refractivity contribution is -0.126. The van der Waals surface area contributed by atoms with Gasteiger partial charge in [0.1, 0.15) is 0 Å². The molecule has 0 spiro atoms.